The molecular weight excluding hydrogens is 322 g/mol. The highest BCUT2D eigenvalue weighted by Crippen LogP contribution is 2.27. The van der Waals surface area contributed by atoms with Gasteiger partial charge in [0.2, 0.25) is 3.79 Å². The maximum Gasteiger partial charge on any atom is 0.407 e. The van der Waals surface area contributed by atoms with Crippen molar-refractivity contribution in [2.45, 2.75) is 47.6 Å². The van der Waals surface area contributed by atoms with E-state index in [1.54, 1.807) is 0 Å². The van der Waals surface area contributed by atoms with Crippen LogP contribution in [0.4, 0.5) is 4.79 Å². The Balaban J connectivity index is 0.00000162. The van der Waals surface area contributed by atoms with Gasteiger partial charge in [0.05, 0.1) is 0 Å². The average molecular weight is 338 g/mol. The number of nitrogens with one attached hydrogen (secondary N) is 2. The number of alkyl halides is 3. The predicted molar refractivity (Wildman–Crippen MR) is 75.0 cm³/mol. The highest BCUT2D eigenvalue weighted by atomic mass is 35.6. The van der Waals surface area contributed by atoms with E-state index in [-0.39, 0.29) is 25.1 Å². The van der Waals surface area contributed by atoms with Crippen LogP contribution in [0.5, 0.6) is 0 Å². The van der Waals surface area contributed by atoms with Crippen LogP contribution in [0.15, 0.2) is 0 Å². The molecule has 1 amide bonds. The normalized spacial score (nSPS) is 30.5. The average Bonchev–Trinajstić information content (AvgIpc) is 2.54. The van der Waals surface area contributed by atoms with Gasteiger partial charge in [-0.15, -0.1) is 12.4 Å². The second kappa shape index (κ2) is 6.71. The SMILES string of the molecule is Cl.O=C(NC1C[C@H]2CC[C@@H](C1)N2)OCC(Cl)(Cl)Cl. The zero-order valence-corrected chi connectivity index (χ0v) is 12.7. The molecular formula is C10H16Cl4N2O2. The van der Waals surface area contributed by atoms with Gasteiger partial charge in [-0.1, -0.05) is 34.8 Å². The Labute approximate surface area is 127 Å². The molecule has 2 N–H and O–H groups in total. The fourth-order valence-corrected chi connectivity index (χ4v) is 2.69. The second-order valence-corrected chi connectivity index (χ2v) is 7.16. The fourth-order valence-electron chi connectivity index (χ4n) is 2.53. The number of carbonyl (C=O) groups is 1. The fraction of sp³-hybridized carbons (Fsp3) is 0.900. The largest absolute Gasteiger partial charge is 0.445 e. The van der Waals surface area contributed by atoms with Crippen molar-refractivity contribution in [3.8, 4) is 0 Å². The van der Waals surface area contributed by atoms with Crippen LogP contribution in [0.3, 0.4) is 0 Å². The van der Waals surface area contributed by atoms with Crippen molar-refractivity contribution in [3.05, 3.63) is 0 Å². The van der Waals surface area contributed by atoms with E-state index in [0.717, 1.165) is 12.8 Å². The number of alkyl carbamates (subject to hydrolysis) is 1. The molecule has 2 saturated heterocycles. The summed E-state index contributed by atoms with van der Waals surface area (Å²) in [6.45, 7) is -0.235. The van der Waals surface area contributed by atoms with E-state index in [1.807, 2.05) is 0 Å². The zero-order valence-electron chi connectivity index (χ0n) is 9.63. The number of rotatable bonds is 2. The third-order valence-electron chi connectivity index (χ3n) is 3.16. The minimum absolute atomic E-state index is 0. The van der Waals surface area contributed by atoms with Crippen molar-refractivity contribution >= 4 is 53.3 Å². The van der Waals surface area contributed by atoms with Crippen molar-refractivity contribution in [3.63, 3.8) is 0 Å². The lowest BCUT2D eigenvalue weighted by molar-refractivity contribution is 0.140. The predicted octanol–water partition coefficient (Wildman–Crippen LogP) is 2.79. The van der Waals surface area contributed by atoms with Crippen LogP contribution in [0.2, 0.25) is 0 Å². The molecule has 4 nitrogen and oxygen atoms in total. The standard InChI is InChI=1S/C10H15Cl3N2O2.ClH/c11-10(12,13)5-17-9(16)15-8-3-6-1-2-7(4-8)14-6;/h6-8,14H,1-5H2,(H,15,16);1H/t6-,7+,8?;. The monoisotopic (exact) mass is 336 g/mol. The Morgan fingerprint density at radius 2 is 1.83 bits per heavy atom. The van der Waals surface area contributed by atoms with E-state index in [1.165, 1.54) is 12.8 Å². The number of piperidine rings is 1. The van der Waals surface area contributed by atoms with Gasteiger partial charge in [-0.05, 0) is 25.7 Å². The quantitative estimate of drug-likeness (QED) is 0.762. The molecule has 2 rings (SSSR count). The molecule has 0 aliphatic carbocycles. The highest BCUT2D eigenvalue weighted by molar-refractivity contribution is 6.67. The van der Waals surface area contributed by atoms with Gasteiger partial charge >= 0.3 is 6.09 Å². The molecule has 2 aliphatic heterocycles. The lowest BCUT2D eigenvalue weighted by atomic mass is 10.0. The van der Waals surface area contributed by atoms with E-state index < -0.39 is 9.89 Å². The Morgan fingerprint density at radius 1 is 1.28 bits per heavy atom. The Kier molecular flexibility index (Phi) is 6.13. The molecule has 0 aromatic heterocycles. The zero-order chi connectivity index (χ0) is 12.5. The van der Waals surface area contributed by atoms with Crippen molar-refractivity contribution < 1.29 is 9.53 Å². The number of carbonyl (C=O) groups excluding carboxylic acids is 1. The van der Waals surface area contributed by atoms with Crippen LogP contribution in [0.1, 0.15) is 25.7 Å². The Bertz CT molecular complexity index is 286. The number of hydrogen-bond donors (Lipinski definition) is 2. The summed E-state index contributed by atoms with van der Waals surface area (Å²) in [6, 6.07) is 1.20. The Morgan fingerprint density at radius 3 is 2.33 bits per heavy atom. The van der Waals surface area contributed by atoms with Gasteiger partial charge in [-0.3, -0.25) is 0 Å². The maximum atomic E-state index is 11.5. The van der Waals surface area contributed by atoms with E-state index in [9.17, 15) is 4.79 Å². The summed E-state index contributed by atoms with van der Waals surface area (Å²) in [6.07, 6.45) is 3.75. The molecule has 2 aliphatic rings. The molecule has 2 fully saturated rings. The summed E-state index contributed by atoms with van der Waals surface area (Å²) in [5, 5.41) is 6.31. The summed E-state index contributed by atoms with van der Waals surface area (Å²) in [5.41, 5.74) is 0. The number of ether oxygens (including phenoxy) is 1. The van der Waals surface area contributed by atoms with E-state index in [0.29, 0.717) is 12.1 Å². The van der Waals surface area contributed by atoms with Crippen molar-refractivity contribution in [2.75, 3.05) is 6.61 Å². The first-order chi connectivity index (χ1) is 7.92. The van der Waals surface area contributed by atoms with E-state index >= 15 is 0 Å². The van der Waals surface area contributed by atoms with Crippen LogP contribution < -0.4 is 10.6 Å². The lowest BCUT2D eigenvalue weighted by Gasteiger charge is -2.29. The van der Waals surface area contributed by atoms with Gasteiger partial charge in [0.15, 0.2) is 0 Å². The van der Waals surface area contributed by atoms with Crippen molar-refractivity contribution in [2.24, 2.45) is 0 Å². The topological polar surface area (TPSA) is 50.4 Å². The van der Waals surface area contributed by atoms with E-state index in [2.05, 4.69) is 10.6 Å². The molecule has 0 saturated carbocycles. The highest BCUT2D eigenvalue weighted by Gasteiger charge is 2.34. The minimum Gasteiger partial charge on any atom is -0.445 e. The summed E-state index contributed by atoms with van der Waals surface area (Å²) in [4.78, 5) is 11.5. The molecule has 106 valence electrons. The molecule has 0 spiro atoms. The number of hydrogen-bond acceptors (Lipinski definition) is 3. The minimum atomic E-state index is -1.55. The first kappa shape index (κ1) is 16.4. The van der Waals surface area contributed by atoms with Crippen molar-refractivity contribution in [1.29, 1.82) is 0 Å². The first-order valence-electron chi connectivity index (χ1n) is 5.68. The number of amides is 1. The molecule has 0 radical (unpaired) electrons. The summed E-state index contributed by atoms with van der Waals surface area (Å²) < 4.78 is 3.28. The van der Waals surface area contributed by atoms with Gasteiger partial charge in [-0.2, -0.15) is 0 Å². The maximum absolute atomic E-state index is 11.5. The van der Waals surface area contributed by atoms with Gasteiger partial charge in [0, 0.05) is 18.1 Å². The number of halogens is 4. The summed E-state index contributed by atoms with van der Waals surface area (Å²) >= 11 is 16.5. The summed E-state index contributed by atoms with van der Waals surface area (Å²) in [7, 11) is 0. The third-order valence-corrected chi connectivity index (χ3v) is 3.49. The molecule has 18 heavy (non-hydrogen) atoms. The Hall–Kier alpha value is 0.390. The summed E-state index contributed by atoms with van der Waals surface area (Å²) in [5.74, 6) is 0. The van der Waals surface area contributed by atoms with Crippen LogP contribution in [-0.4, -0.2) is 34.6 Å². The van der Waals surface area contributed by atoms with E-state index in [4.69, 9.17) is 39.5 Å². The smallest absolute Gasteiger partial charge is 0.407 e. The van der Waals surface area contributed by atoms with Gasteiger partial charge in [0.25, 0.3) is 0 Å². The van der Waals surface area contributed by atoms with Crippen LogP contribution in [0, 0.1) is 0 Å². The molecule has 3 atom stereocenters. The van der Waals surface area contributed by atoms with Crippen LogP contribution >= 0.6 is 47.2 Å². The molecule has 0 aromatic rings. The molecule has 0 aromatic carbocycles. The third kappa shape index (κ3) is 5.17. The van der Waals surface area contributed by atoms with Crippen molar-refractivity contribution in [1.82, 2.24) is 10.6 Å². The van der Waals surface area contributed by atoms with Gasteiger partial charge < -0.3 is 15.4 Å². The van der Waals surface area contributed by atoms with Crippen LogP contribution in [0.25, 0.3) is 0 Å². The van der Waals surface area contributed by atoms with Crippen LogP contribution in [-0.2, 0) is 4.74 Å². The lowest BCUT2D eigenvalue weighted by Crippen LogP contribution is -2.48. The molecule has 8 heteroatoms. The first-order valence-corrected chi connectivity index (χ1v) is 6.82. The molecule has 1 unspecified atom stereocenters. The molecule has 2 heterocycles. The van der Waals surface area contributed by atoms with Gasteiger partial charge in [0.1, 0.15) is 6.61 Å². The second-order valence-electron chi connectivity index (χ2n) is 4.64. The number of fused-ring (bicyclic) bond motifs is 2. The molecule has 2 bridgehead atoms. The van der Waals surface area contributed by atoms with Gasteiger partial charge in [-0.25, -0.2) is 4.79 Å².